The molecule has 3 aliphatic rings. The quantitative estimate of drug-likeness (QED) is 0.474. The fraction of sp³-hybridized carbons (Fsp3) is 0.500. The molecule has 14 heteroatoms. The first-order chi connectivity index (χ1) is 18.1. The lowest BCUT2D eigenvalue weighted by molar-refractivity contribution is -0.141. The maximum absolute atomic E-state index is 13.8. The molecule has 0 unspecified atom stereocenters. The number of carbonyl (C=O) groups excluding carboxylic acids is 2. The van der Waals surface area contributed by atoms with E-state index in [0.717, 1.165) is 23.2 Å². The largest absolute Gasteiger partial charge is 0.433 e. The zero-order chi connectivity index (χ0) is 26.8. The van der Waals surface area contributed by atoms with E-state index < -0.39 is 29.3 Å². The molecular formula is C24H25F3N8O3. The number of amides is 3. The minimum Gasteiger partial charge on any atom is -0.377 e. The predicted molar refractivity (Wildman–Crippen MR) is 128 cm³/mol. The molecule has 3 aromatic rings. The summed E-state index contributed by atoms with van der Waals surface area (Å²) < 4.78 is 46.1. The van der Waals surface area contributed by atoms with E-state index in [-0.39, 0.29) is 17.8 Å². The summed E-state index contributed by atoms with van der Waals surface area (Å²) >= 11 is 0. The molecule has 3 fully saturated rings. The van der Waals surface area contributed by atoms with Crippen LogP contribution < -0.4 is 9.80 Å². The fourth-order valence-corrected chi connectivity index (χ4v) is 5.47. The van der Waals surface area contributed by atoms with Crippen molar-refractivity contribution in [3.8, 4) is 0 Å². The van der Waals surface area contributed by atoms with Crippen LogP contribution in [0.25, 0.3) is 11.2 Å². The molecule has 38 heavy (non-hydrogen) atoms. The molecule has 6 heterocycles. The van der Waals surface area contributed by atoms with Crippen molar-refractivity contribution in [1.29, 1.82) is 0 Å². The molecule has 0 atom stereocenters. The van der Waals surface area contributed by atoms with Crippen LogP contribution in [0.15, 0.2) is 30.7 Å². The Balaban J connectivity index is 1.26. The Hall–Kier alpha value is -3.81. The number of hydrogen-bond acceptors (Lipinski definition) is 8. The number of pyridine rings is 1. The van der Waals surface area contributed by atoms with Gasteiger partial charge in [-0.05, 0) is 38.8 Å². The summed E-state index contributed by atoms with van der Waals surface area (Å²) in [6.45, 7) is 5.64. The normalized spacial score (nSPS) is 20.3. The minimum atomic E-state index is -4.62. The third-order valence-corrected chi connectivity index (χ3v) is 7.44. The van der Waals surface area contributed by atoms with Crippen LogP contribution in [0, 0.1) is 0 Å². The Morgan fingerprint density at radius 2 is 1.79 bits per heavy atom. The average Bonchev–Trinajstić information content (AvgIpc) is 3.34. The highest BCUT2D eigenvalue weighted by Crippen LogP contribution is 2.41. The molecule has 3 saturated heterocycles. The third kappa shape index (κ3) is 3.68. The number of nitrogens with zero attached hydrogens (tertiary/aromatic N) is 8. The van der Waals surface area contributed by atoms with Crippen LogP contribution >= 0.6 is 0 Å². The van der Waals surface area contributed by atoms with Crippen LogP contribution in [0.5, 0.6) is 0 Å². The van der Waals surface area contributed by atoms with Crippen molar-refractivity contribution < 1.29 is 27.5 Å². The molecule has 0 radical (unpaired) electrons. The highest BCUT2D eigenvalue weighted by Gasteiger charge is 2.59. The van der Waals surface area contributed by atoms with Gasteiger partial charge in [0, 0.05) is 19.1 Å². The lowest BCUT2D eigenvalue weighted by Crippen LogP contribution is -2.58. The molecule has 3 aromatic heterocycles. The van der Waals surface area contributed by atoms with Gasteiger partial charge in [-0.2, -0.15) is 18.3 Å². The Morgan fingerprint density at radius 1 is 1.05 bits per heavy atom. The molecule has 3 aliphatic heterocycles. The monoisotopic (exact) mass is 530 g/mol. The van der Waals surface area contributed by atoms with Crippen molar-refractivity contribution in [2.45, 2.75) is 50.5 Å². The number of piperidine rings is 1. The van der Waals surface area contributed by atoms with Crippen molar-refractivity contribution in [3.63, 3.8) is 0 Å². The SMILES string of the molecule is CC(C)N1C(=O)N(c2ccc(C(F)(F)F)nc2)C(=O)C12CCN(c1cnc3cnn(C4COC4)c3n1)CC2. The highest BCUT2D eigenvalue weighted by molar-refractivity contribution is 6.23. The summed E-state index contributed by atoms with van der Waals surface area (Å²) in [5, 5.41) is 4.40. The van der Waals surface area contributed by atoms with Crippen LogP contribution in [0.3, 0.4) is 0 Å². The van der Waals surface area contributed by atoms with Crippen molar-refractivity contribution in [2.75, 3.05) is 36.1 Å². The van der Waals surface area contributed by atoms with Crippen molar-refractivity contribution in [1.82, 2.24) is 29.6 Å². The number of hydrogen-bond donors (Lipinski definition) is 0. The summed E-state index contributed by atoms with van der Waals surface area (Å²) in [6, 6.07) is 1.14. The Kier molecular flexibility index (Phi) is 5.56. The summed E-state index contributed by atoms with van der Waals surface area (Å²) in [5.74, 6) is 0.188. The van der Waals surface area contributed by atoms with Crippen molar-refractivity contribution >= 4 is 34.6 Å². The number of carbonyl (C=O) groups is 2. The van der Waals surface area contributed by atoms with E-state index in [1.165, 1.54) is 0 Å². The number of urea groups is 1. The number of rotatable bonds is 4. The van der Waals surface area contributed by atoms with Gasteiger partial charge in [0.1, 0.15) is 28.6 Å². The van der Waals surface area contributed by atoms with E-state index >= 15 is 0 Å². The van der Waals surface area contributed by atoms with Gasteiger partial charge in [-0.3, -0.25) is 4.79 Å². The number of aromatic nitrogens is 5. The highest BCUT2D eigenvalue weighted by atomic mass is 19.4. The van der Waals surface area contributed by atoms with Crippen LogP contribution in [0.2, 0.25) is 0 Å². The van der Waals surface area contributed by atoms with Crippen molar-refractivity contribution in [2.24, 2.45) is 0 Å². The van der Waals surface area contributed by atoms with Crippen molar-refractivity contribution in [3.05, 3.63) is 36.4 Å². The average molecular weight is 531 g/mol. The van der Waals surface area contributed by atoms with Gasteiger partial charge in [-0.1, -0.05) is 0 Å². The van der Waals surface area contributed by atoms with Gasteiger partial charge < -0.3 is 14.5 Å². The first-order valence-electron chi connectivity index (χ1n) is 12.3. The standard InChI is InChI=1S/C24H25F3N8O3/c1-14(2)34-22(37)33(15-3-4-18(29-9-15)24(25,26)27)21(36)23(34)5-7-32(8-6-23)19-11-28-17-10-30-35(20(17)31-19)16-12-38-13-16/h3-4,9-11,14,16H,5-8,12-13H2,1-2H3. The predicted octanol–water partition coefficient (Wildman–Crippen LogP) is 3.03. The van der Waals surface area contributed by atoms with Gasteiger partial charge in [0.25, 0.3) is 5.91 Å². The van der Waals surface area contributed by atoms with Gasteiger partial charge in [0.15, 0.2) is 5.65 Å². The van der Waals surface area contributed by atoms with E-state index in [4.69, 9.17) is 9.72 Å². The Labute approximate surface area is 215 Å². The lowest BCUT2D eigenvalue weighted by atomic mass is 9.85. The molecule has 11 nitrogen and oxygen atoms in total. The van der Waals surface area contributed by atoms with Gasteiger partial charge in [-0.15, -0.1) is 0 Å². The summed E-state index contributed by atoms with van der Waals surface area (Å²) in [7, 11) is 0. The molecule has 0 saturated carbocycles. The first-order valence-corrected chi connectivity index (χ1v) is 12.3. The van der Waals surface area contributed by atoms with Gasteiger partial charge >= 0.3 is 12.2 Å². The van der Waals surface area contributed by atoms with Crippen LogP contribution in [0.4, 0.5) is 29.5 Å². The number of alkyl halides is 3. The van der Waals surface area contributed by atoms with Gasteiger partial charge in [-0.25, -0.2) is 29.3 Å². The number of imide groups is 1. The minimum absolute atomic E-state index is 0.0162. The topological polar surface area (TPSA) is 110 Å². The molecule has 0 aliphatic carbocycles. The summed E-state index contributed by atoms with van der Waals surface area (Å²) in [5.41, 5.74) is -0.853. The maximum Gasteiger partial charge on any atom is 0.433 e. The fourth-order valence-electron chi connectivity index (χ4n) is 5.47. The molecule has 3 amide bonds. The summed E-state index contributed by atoms with van der Waals surface area (Å²) in [6.07, 6.45) is 0.304. The van der Waals surface area contributed by atoms with E-state index in [2.05, 4.69) is 15.1 Å². The van der Waals surface area contributed by atoms with Gasteiger partial charge in [0.05, 0.1) is 37.5 Å². The van der Waals surface area contributed by atoms with E-state index in [9.17, 15) is 22.8 Å². The molecule has 6 rings (SSSR count). The van der Waals surface area contributed by atoms with E-state index in [0.29, 0.717) is 56.1 Å². The zero-order valence-corrected chi connectivity index (χ0v) is 20.7. The number of anilines is 2. The molecule has 1 spiro atoms. The maximum atomic E-state index is 13.8. The smallest absolute Gasteiger partial charge is 0.377 e. The molecule has 0 N–H and O–H groups in total. The second-order valence-corrected chi connectivity index (χ2v) is 10.0. The molecule has 200 valence electrons. The Bertz CT molecular complexity index is 1400. The van der Waals surface area contributed by atoms with E-state index in [1.54, 1.807) is 17.3 Å². The zero-order valence-electron chi connectivity index (χ0n) is 20.7. The van der Waals surface area contributed by atoms with E-state index in [1.807, 2.05) is 23.4 Å². The van der Waals surface area contributed by atoms with Gasteiger partial charge in [0.2, 0.25) is 0 Å². The molecule has 0 bridgehead atoms. The number of fused-ring (bicyclic) bond motifs is 1. The lowest BCUT2D eigenvalue weighted by Gasteiger charge is -2.44. The molecule has 0 aromatic carbocycles. The third-order valence-electron chi connectivity index (χ3n) is 7.44. The van der Waals surface area contributed by atoms with Crippen LogP contribution in [-0.4, -0.2) is 79.5 Å². The first kappa shape index (κ1) is 24.5. The second kappa shape index (κ2) is 8.61. The van der Waals surface area contributed by atoms with Crippen LogP contribution in [0.1, 0.15) is 38.4 Å². The Morgan fingerprint density at radius 3 is 2.37 bits per heavy atom. The van der Waals surface area contributed by atoms with Crippen LogP contribution in [-0.2, 0) is 15.7 Å². The number of ether oxygens (including phenoxy) is 1. The molecular weight excluding hydrogens is 505 g/mol. The number of halogens is 3. The second-order valence-electron chi connectivity index (χ2n) is 10.0. The summed E-state index contributed by atoms with van der Waals surface area (Å²) in [4.78, 5) is 44.5.